The van der Waals surface area contributed by atoms with Crippen LogP contribution in [0.3, 0.4) is 0 Å². The van der Waals surface area contributed by atoms with Crippen molar-refractivity contribution in [2.45, 2.75) is 19.4 Å². The van der Waals surface area contributed by atoms with Crippen molar-refractivity contribution in [3.63, 3.8) is 0 Å². The van der Waals surface area contributed by atoms with Crippen molar-refractivity contribution in [3.05, 3.63) is 12.1 Å². The number of nitrogens with two attached hydrogens (primary N) is 1. The van der Waals surface area contributed by atoms with Crippen molar-refractivity contribution in [3.8, 4) is 17.2 Å². The molecule has 1 rings (SSSR count). The molecule has 0 aliphatic carbocycles. The molecule has 0 saturated heterocycles. The van der Waals surface area contributed by atoms with Gasteiger partial charge in [0.1, 0.15) is 6.04 Å². The Morgan fingerprint density at radius 1 is 1.21 bits per heavy atom. The van der Waals surface area contributed by atoms with E-state index in [1.54, 1.807) is 12.1 Å². The average Bonchev–Trinajstić information content (AvgIpc) is 2.42. The van der Waals surface area contributed by atoms with Crippen LogP contribution in [0.2, 0.25) is 0 Å². The molecule has 1 amide bonds. The van der Waals surface area contributed by atoms with Crippen LogP contribution in [0.25, 0.3) is 0 Å². The molecule has 3 N–H and O–H groups in total. The minimum absolute atomic E-state index is 0.406. The van der Waals surface area contributed by atoms with Crippen molar-refractivity contribution in [1.82, 2.24) is 0 Å². The monoisotopic (exact) mass is 268 g/mol. The molecular weight excluding hydrogens is 248 g/mol. The summed E-state index contributed by atoms with van der Waals surface area (Å²) in [5.74, 6) is 1.13. The summed E-state index contributed by atoms with van der Waals surface area (Å²) in [5, 5.41) is 3.04. The van der Waals surface area contributed by atoms with Crippen LogP contribution in [0.15, 0.2) is 12.1 Å². The van der Waals surface area contributed by atoms with E-state index in [1.165, 1.54) is 21.3 Å². The SMILES string of the molecule is CCC(Nc1cc(OC)c(OC)c(OC)c1)C(N)=O. The van der Waals surface area contributed by atoms with Gasteiger partial charge in [-0.15, -0.1) is 0 Å². The first kappa shape index (κ1) is 14.9. The first-order valence-corrected chi connectivity index (χ1v) is 5.93. The van der Waals surface area contributed by atoms with Crippen LogP contribution in [0.4, 0.5) is 5.69 Å². The number of methoxy groups -OCH3 is 3. The van der Waals surface area contributed by atoms with E-state index in [9.17, 15) is 4.79 Å². The topological polar surface area (TPSA) is 82.8 Å². The zero-order valence-electron chi connectivity index (χ0n) is 11.6. The van der Waals surface area contributed by atoms with Gasteiger partial charge in [-0.1, -0.05) is 6.92 Å². The fourth-order valence-corrected chi connectivity index (χ4v) is 1.74. The van der Waals surface area contributed by atoms with Crippen LogP contribution in [-0.4, -0.2) is 33.3 Å². The summed E-state index contributed by atoms with van der Waals surface area (Å²) in [6, 6.07) is 3.02. The lowest BCUT2D eigenvalue weighted by Crippen LogP contribution is -2.34. The Bertz CT molecular complexity index is 423. The maximum Gasteiger partial charge on any atom is 0.239 e. The third-order valence-electron chi connectivity index (χ3n) is 2.76. The second-order valence-electron chi connectivity index (χ2n) is 3.92. The van der Waals surface area contributed by atoms with Crippen molar-refractivity contribution in [2.75, 3.05) is 26.6 Å². The van der Waals surface area contributed by atoms with Crippen molar-refractivity contribution in [2.24, 2.45) is 5.73 Å². The van der Waals surface area contributed by atoms with E-state index in [2.05, 4.69) is 5.32 Å². The molecule has 0 aliphatic heterocycles. The second-order valence-corrected chi connectivity index (χ2v) is 3.92. The van der Waals surface area contributed by atoms with Gasteiger partial charge in [0.25, 0.3) is 0 Å². The molecule has 0 radical (unpaired) electrons. The van der Waals surface area contributed by atoms with Crippen LogP contribution in [0.1, 0.15) is 13.3 Å². The van der Waals surface area contributed by atoms with Crippen LogP contribution < -0.4 is 25.3 Å². The Morgan fingerprint density at radius 3 is 2.05 bits per heavy atom. The molecule has 0 saturated carbocycles. The van der Waals surface area contributed by atoms with Gasteiger partial charge in [-0.2, -0.15) is 0 Å². The number of anilines is 1. The summed E-state index contributed by atoms with van der Waals surface area (Å²) in [4.78, 5) is 11.2. The molecule has 1 aromatic rings. The lowest BCUT2D eigenvalue weighted by atomic mass is 10.2. The van der Waals surface area contributed by atoms with E-state index in [0.29, 0.717) is 29.4 Å². The molecule has 6 nitrogen and oxygen atoms in total. The van der Waals surface area contributed by atoms with Gasteiger partial charge in [0.15, 0.2) is 11.5 Å². The van der Waals surface area contributed by atoms with Gasteiger partial charge in [0, 0.05) is 17.8 Å². The van der Waals surface area contributed by atoms with Gasteiger partial charge < -0.3 is 25.3 Å². The zero-order chi connectivity index (χ0) is 14.4. The first-order chi connectivity index (χ1) is 9.07. The Hall–Kier alpha value is -2.11. The van der Waals surface area contributed by atoms with E-state index in [1.807, 2.05) is 6.92 Å². The maximum atomic E-state index is 11.2. The van der Waals surface area contributed by atoms with Crippen molar-refractivity contribution in [1.29, 1.82) is 0 Å². The Balaban J connectivity index is 3.12. The number of carbonyl (C=O) groups excluding carboxylic acids is 1. The van der Waals surface area contributed by atoms with Crippen LogP contribution >= 0.6 is 0 Å². The van der Waals surface area contributed by atoms with E-state index < -0.39 is 11.9 Å². The fraction of sp³-hybridized carbons (Fsp3) is 0.462. The van der Waals surface area contributed by atoms with Gasteiger partial charge in [-0.25, -0.2) is 0 Å². The largest absolute Gasteiger partial charge is 0.493 e. The predicted octanol–water partition coefficient (Wildman–Crippen LogP) is 1.39. The van der Waals surface area contributed by atoms with E-state index in [4.69, 9.17) is 19.9 Å². The van der Waals surface area contributed by atoms with Gasteiger partial charge in [-0.05, 0) is 6.42 Å². The molecule has 1 atom stereocenters. The third kappa shape index (κ3) is 3.43. The lowest BCUT2D eigenvalue weighted by Gasteiger charge is -2.18. The number of hydrogen-bond donors (Lipinski definition) is 2. The Labute approximate surface area is 112 Å². The quantitative estimate of drug-likeness (QED) is 0.780. The molecule has 1 aromatic carbocycles. The number of hydrogen-bond acceptors (Lipinski definition) is 5. The van der Waals surface area contributed by atoms with E-state index >= 15 is 0 Å². The summed E-state index contributed by atoms with van der Waals surface area (Å²) in [5.41, 5.74) is 5.98. The molecule has 19 heavy (non-hydrogen) atoms. The molecule has 0 spiro atoms. The van der Waals surface area contributed by atoms with E-state index in [-0.39, 0.29) is 0 Å². The van der Waals surface area contributed by atoms with Gasteiger partial charge >= 0.3 is 0 Å². The predicted molar refractivity (Wildman–Crippen MR) is 73.0 cm³/mol. The van der Waals surface area contributed by atoms with Gasteiger partial charge in [-0.3, -0.25) is 4.79 Å². The number of carbonyl (C=O) groups is 1. The van der Waals surface area contributed by atoms with Gasteiger partial charge in [0.2, 0.25) is 11.7 Å². The number of primary amides is 1. The normalized spacial score (nSPS) is 11.6. The second kappa shape index (κ2) is 6.72. The maximum absolute atomic E-state index is 11.2. The number of nitrogens with one attached hydrogen (secondary N) is 1. The minimum Gasteiger partial charge on any atom is -0.493 e. The summed E-state index contributed by atoms with van der Waals surface area (Å²) < 4.78 is 15.7. The summed E-state index contributed by atoms with van der Waals surface area (Å²) in [6.07, 6.45) is 0.589. The highest BCUT2D eigenvalue weighted by atomic mass is 16.5. The Kier molecular flexibility index (Phi) is 5.29. The standard InChI is InChI=1S/C13H20N2O4/c1-5-9(13(14)16)15-8-6-10(17-2)12(19-4)11(7-8)18-3/h6-7,9,15H,5H2,1-4H3,(H2,14,16). The lowest BCUT2D eigenvalue weighted by molar-refractivity contribution is -0.118. The van der Waals surface area contributed by atoms with Crippen LogP contribution in [0, 0.1) is 0 Å². The number of benzene rings is 1. The summed E-state index contributed by atoms with van der Waals surface area (Å²) in [7, 11) is 4.60. The molecule has 0 fully saturated rings. The van der Waals surface area contributed by atoms with Crippen LogP contribution in [-0.2, 0) is 4.79 Å². The van der Waals surface area contributed by atoms with Crippen molar-refractivity contribution < 1.29 is 19.0 Å². The molecule has 106 valence electrons. The van der Waals surface area contributed by atoms with Crippen LogP contribution in [0.5, 0.6) is 17.2 Å². The highest BCUT2D eigenvalue weighted by Gasteiger charge is 2.17. The number of ether oxygens (including phenoxy) is 3. The van der Waals surface area contributed by atoms with Gasteiger partial charge in [0.05, 0.1) is 21.3 Å². The highest BCUT2D eigenvalue weighted by Crippen LogP contribution is 2.40. The average molecular weight is 268 g/mol. The first-order valence-electron chi connectivity index (χ1n) is 5.93. The summed E-state index contributed by atoms with van der Waals surface area (Å²) >= 11 is 0. The molecular formula is C13H20N2O4. The molecule has 6 heteroatoms. The minimum atomic E-state index is -0.442. The smallest absolute Gasteiger partial charge is 0.239 e. The van der Waals surface area contributed by atoms with Crippen molar-refractivity contribution >= 4 is 11.6 Å². The summed E-state index contributed by atoms with van der Waals surface area (Å²) in [6.45, 7) is 1.88. The molecule has 0 aromatic heterocycles. The number of rotatable bonds is 7. The van der Waals surface area contributed by atoms with E-state index in [0.717, 1.165) is 0 Å². The molecule has 0 bridgehead atoms. The third-order valence-corrected chi connectivity index (χ3v) is 2.76. The highest BCUT2D eigenvalue weighted by molar-refractivity contribution is 5.83. The Morgan fingerprint density at radius 2 is 1.74 bits per heavy atom. The molecule has 0 aliphatic rings. The molecule has 0 heterocycles. The zero-order valence-corrected chi connectivity index (χ0v) is 11.6. The molecule has 1 unspecified atom stereocenters. The number of amides is 1. The fourth-order valence-electron chi connectivity index (χ4n) is 1.74.